The minimum atomic E-state index is -0.316. The van der Waals surface area contributed by atoms with Crippen molar-refractivity contribution in [3.63, 3.8) is 0 Å². The molecule has 0 radical (unpaired) electrons. The number of Topliss-reactive ketones (excluding diaryl/α,β-unsaturated/α-hetero) is 2. The average Bonchev–Trinajstić information content (AvgIpc) is 3.36. The van der Waals surface area contributed by atoms with Gasteiger partial charge in [-0.25, -0.2) is 0 Å². The van der Waals surface area contributed by atoms with Crippen LogP contribution in [0.15, 0.2) is 127 Å². The third-order valence-electron chi connectivity index (χ3n) is 11.8. The highest BCUT2D eigenvalue weighted by Gasteiger charge is 2.39. The van der Waals surface area contributed by atoms with E-state index in [1.165, 1.54) is 38.7 Å². The van der Waals surface area contributed by atoms with Crippen LogP contribution in [0.3, 0.4) is 0 Å². The number of hydrogen-bond acceptors (Lipinski definition) is 3. The molecule has 1 aliphatic heterocycles. The molecule has 0 unspecified atom stereocenters. The zero-order valence-corrected chi connectivity index (χ0v) is 32.4. The van der Waals surface area contributed by atoms with Crippen LogP contribution in [0.4, 0.5) is 17.1 Å². The third kappa shape index (κ3) is 5.24. The lowest BCUT2D eigenvalue weighted by atomic mass is 9.72. The molecule has 7 aromatic rings. The molecule has 0 spiro atoms. The van der Waals surface area contributed by atoms with Gasteiger partial charge in [0.1, 0.15) is 0 Å². The van der Waals surface area contributed by atoms with Crippen LogP contribution in [0.2, 0.25) is 0 Å². The molecule has 266 valence electrons. The van der Waals surface area contributed by atoms with Gasteiger partial charge in [0, 0.05) is 27.6 Å². The maximum Gasteiger partial charge on any atom is 0.197 e. The normalized spacial score (nSPS) is 15.2. The fourth-order valence-corrected chi connectivity index (χ4v) is 8.53. The van der Waals surface area contributed by atoms with Crippen molar-refractivity contribution in [2.75, 3.05) is 4.90 Å². The van der Waals surface area contributed by atoms with Crippen molar-refractivity contribution in [2.24, 2.45) is 0 Å². The molecule has 0 saturated heterocycles. The van der Waals surface area contributed by atoms with E-state index < -0.39 is 0 Å². The molecule has 0 N–H and O–H groups in total. The Hall–Kier alpha value is -5.80. The first kappa shape index (κ1) is 34.0. The monoisotopic (exact) mass is 703 g/mol. The molecule has 0 amide bonds. The first-order valence-corrected chi connectivity index (χ1v) is 19.0. The van der Waals surface area contributed by atoms with Crippen molar-refractivity contribution >= 4 is 67.0 Å². The predicted molar refractivity (Wildman–Crippen MR) is 226 cm³/mol. The largest absolute Gasteiger partial charge is 0.309 e. The van der Waals surface area contributed by atoms with Crippen LogP contribution in [0.1, 0.15) is 104 Å². The van der Waals surface area contributed by atoms with E-state index in [9.17, 15) is 9.59 Å². The van der Waals surface area contributed by atoms with Gasteiger partial charge in [0.15, 0.2) is 11.6 Å². The number of nitrogens with zero attached hydrogens (tertiary/aromatic N) is 1. The summed E-state index contributed by atoms with van der Waals surface area (Å²) in [4.78, 5) is 29.8. The van der Waals surface area contributed by atoms with Crippen LogP contribution >= 0.6 is 0 Å². The van der Waals surface area contributed by atoms with Gasteiger partial charge < -0.3 is 4.90 Å². The molecule has 1 heterocycles. The SMILES string of the molecule is CC(C)(C)c1cc(N2c3cc4ccc(C=C5C(=O)c6cc7ccccc7cc6C5=O)cc4cc3C(C)(C)c3ccc4ccccc4c32)cc(C(C)(C)C)c1. The highest BCUT2D eigenvalue weighted by Crippen LogP contribution is 2.55. The summed E-state index contributed by atoms with van der Waals surface area (Å²) < 4.78 is 0. The second kappa shape index (κ2) is 11.6. The van der Waals surface area contributed by atoms with Crippen molar-refractivity contribution in [2.45, 2.75) is 71.6 Å². The molecule has 9 rings (SSSR count). The topological polar surface area (TPSA) is 37.4 Å². The number of carbonyl (C=O) groups excluding carboxylic acids is 2. The van der Waals surface area contributed by atoms with Gasteiger partial charge >= 0.3 is 0 Å². The molecule has 3 heteroatoms. The molecule has 3 nitrogen and oxygen atoms in total. The van der Waals surface area contributed by atoms with Crippen molar-refractivity contribution < 1.29 is 9.59 Å². The van der Waals surface area contributed by atoms with Gasteiger partial charge in [-0.05, 0) is 114 Å². The minimum Gasteiger partial charge on any atom is -0.309 e. The standard InChI is InChI=1S/C51H45NO2/c1-49(2,3)36-27-37(50(4,5)6)29-38(28-36)52-45-26-34-18-17-30(22-42-47(53)40-23-32-14-9-10-15-33(32)24-41(40)48(42)54)21-35(34)25-44(45)51(7,8)43-20-19-31-13-11-12-16-39(31)46(43)52/h9-29H,1-8H3. The quantitative estimate of drug-likeness (QED) is 0.133. The van der Waals surface area contributed by atoms with Gasteiger partial charge in [0.05, 0.1) is 16.9 Å². The number of rotatable bonds is 2. The number of benzene rings is 7. The summed E-state index contributed by atoms with van der Waals surface area (Å²) in [5, 5.41) is 6.53. The number of carbonyl (C=O) groups is 2. The van der Waals surface area contributed by atoms with Gasteiger partial charge in [-0.1, -0.05) is 134 Å². The number of hydrogen-bond donors (Lipinski definition) is 0. The van der Waals surface area contributed by atoms with Crippen LogP contribution in [-0.2, 0) is 16.2 Å². The predicted octanol–water partition coefficient (Wildman–Crippen LogP) is 13.3. The molecule has 0 atom stereocenters. The Kier molecular flexibility index (Phi) is 7.30. The summed E-state index contributed by atoms with van der Waals surface area (Å²) in [6, 6.07) is 43.0. The van der Waals surface area contributed by atoms with Crippen molar-refractivity contribution in [1.82, 2.24) is 0 Å². The van der Waals surface area contributed by atoms with Crippen LogP contribution in [0, 0.1) is 0 Å². The highest BCUT2D eigenvalue weighted by molar-refractivity contribution is 6.42. The smallest absolute Gasteiger partial charge is 0.197 e. The van der Waals surface area contributed by atoms with E-state index in [4.69, 9.17) is 0 Å². The minimum absolute atomic E-state index is 0.0410. The maximum atomic E-state index is 13.7. The molecule has 7 aromatic carbocycles. The molecular weight excluding hydrogens is 659 g/mol. The Labute approximate surface area is 318 Å². The fourth-order valence-electron chi connectivity index (χ4n) is 8.53. The summed E-state index contributed by atoms with van der Waals surface area (Å²) >= 11 is 0. The zero-order valence-electron chi connectivity index (χ0n) is 32.4. The third-order valence-corrected chi connectivity index (χ3v) is 11.8. The molecule has 0 aromatic heterocycles. The summed E-state index contributed by atoms with van der Waals surface area (Å²) in [6.07, 6.45) is 1.78. The van der Waals surface area contributed by atoms with Gasteiger partial charge in [-0.15, -0.1) is 0 Å². The summed E-state index contributed by atoms with van der Waals surface area (Å²) in [6.45, 7) is 18.4. The lowest BCUT2D eigenvalue weighted by Gasteiger charge is -2.43. The number of fused-ring (bicyclic) bond motifs is 7. The Morgan fingerprint density at radius 2 is 1.09 bits per heavy atom. The van der Waals surface area contributed by atoms with Crippen LogP contribution in [0.5, 0.6) is 0 Å². The van der Waals surface area contributed by atoms with Gasteiger partial charge in [0.25, 0.3) is 0 Å². The van der Waals surface area contributed by atoms with Gasteiger partial charge in [0.2, 0.25) is 0 Å². The van der Waals surface area contributed by atoms with E-state index in [0.717, 1.165) is 38.5 Å². The van der Waals surface area contributed by atoms with E-state index in [2.05, 4.69) is 139 Å². The molecule has 0 fully saturated rings. The Morgan fingerprint density at radius 3 is 1.70 bits per heavy atom. The van der Waals surface area contributed by atoms with E-state index in [0.29, 0.717) is 11.1 Å². The van der Waals surface area contributed by atoms with E-state index in [1.54, 1.807) is 6.08 Å². The first-order chi connectivity index (χ1) is 25.6. The van der Waals surface area contributed by atoms with Gasteiger partial charge in [-0.3, -0.25) is 9.59 Å². The Balaban J connectivity index is 1.24. The van der Waals surface area contributed by atoms with Crippen molar-refractivity contribution in [3.8, 4) is 0 Å². The highest BCUT2D eigenvalue weighted by atomic mass is 16.2. The number of ketones is 2. The summed E-state index contributed by atoms with van der Waals surface area (Å²) in [5.74, 6) is -0.418. The first-order valence-electron chi connectivity index (χ1n) is 19.0. The summed E-state index contributed by atoms with van der Waals surface area (Å²) in [5.41, 5.74) is 10.3. The number of anilines is 3. The van der Waals surface area contributed by atoms with E-state index in [-0.39, 0.29) is 33.4 Å². The molecule has 0 saturated carbocycles. The lowest BCUT2D eigenvalue weighted by Crippen LogP contribution is -2.31. The molecule has 2 aliphatic rings. The van der Waals surface area contributed by atoms with E-state index in [1.807, 2.05) is 42.5 Å². The second-order valence-electron chi connectivity index (χ2n) is 17.8. The summed E-state index contributed by atoms with van der Waals surface area (Å²) in [7, 11) is 0. The van der Waals surface area contributed by atoms with Crippen LogP contribution < -0.4 is 4.90 Å². The molecule has 0 bridgehead atoms. The fraction of sp³-hybridized carbons (Fsp3) is 0.216. The molecule has 1 aliphatic carbocycles. The second-order valence-corrected chi connectivity index (χ2v) is 17.8. The Morgan fingerprint density at radius 1 is 0.537 bits per heavy atom. The lowest BCUT2D eigenvalue weighted by molar-refractivity contribution is 0.0990. The molecule has 54 heavy (non-hydrogen) atoms. The average molecular weight is 704 g/mol. The van der Waals surface area contributed by atoms with Crippen LogP contribution in [0.25, 0.3) is 38.4 Å². The molecular formula is C51H45NO2. The van der Waals surface area contributed by atoms with Crippen molar-refractivity contribution in [1.29, 1.82) is 0 Å². The zero-order chi connectivity index (χ0) is 37.9. The van der Waals surface area contributed by atoms with Gasteiger partial charge in [-0.2, -0.15) is 0 Å². The Bertz CT molecular complexity index is 2710. The van der Waals surface area contributed by atoms with Crippen LogP contribution in [-0.4, -0.2) is 11.6 Å². The van der Waals surface area contributed by atoms with E-state index >= 15 is 0 Å². The number of allylic oxidation sites excluding steroid dienone is 1. The van der Waals surface area contributed by atoms with Crippen molar-refractivity contribution in [3.05, 3.63) is 166 Å². The maximum absolute atomic E-state index is 13.7.